The van der Waals surface area contributed by atoms with Crippen molar-refractivity contribution in [3.8, 4) is 5.75 Å². The first-order valence-corrected chi connectivity index (χ1v) is 6.78. The monoisotopic (exact) mass is 273 g/mol. The lowest BCUT2D eigenvalue weighted by Gasteiger charge is -2.19. The Balaban J connectivity index is 2.49. The Morgan fingerprint density at radius 1 is 1.20 bits per heavy atom. The van der Waals surface area contributed by atoms with Gasteiger partial charge in [-0.1, -0.05) is 24.3 Å². The van der Waals surface area contributed by atoms with Crippen LogP contribution in [0, 0.1) is 19.7 Å². The van der Waals surface area contributed by atoms with Crippen LogP contribution in [-0.2, 0) is 0 Å². The first-order chi connectivity index (χ1) is 9.54. The lowest BCUT2D eigenvalue weighted by molar-refractivity contribution is 0.335. The number of halogens is 1. The van der Waals surface area contributed by atoms with Crippen LogP contribution < -0.4 is 10.5 Å². The highest BCUT2D eigenvalue weighted by Crippen LogP contribution is 2.31. The smallest absolute Gasteiger partial charge is 0.128 e. The highest BCUT2D eigenvalue weighted by atomic mass is 19.1. The number of para-hydroxylation sites is 1. The molecule has 0 radical (unpaired) electrons. The molecule has 0 aromatic heterocycles. The van der Waals surface area contributed by atoms with E-state index in [1.165, 1.54) is 6.07 Å². The molecule has 0 aliphatic heterocycles. The standard InChI is InChI=1S/C17H20FNO/c1-4-20-15-8-6-5-7-13(15)17(19)16-12(3)9-11(2)10-14(16)18/h5-10,17H,4,19H2,1-3H3. The summed E-state index contributed by atoms with van der Waals surface area (Å²) < 4.78 is 19.8. The van der Waals surface area contributed by atoms with Gasteiger partial charge < -0.3 is 10.5 Å². The highest BCUT2D eigenvalue weighted by molar-refractivity contribution is 5.45. The predicted octanol–water partition coefficient (Wildman–Crippen LogP) is 3.89. The number of rotatable bonds is 4. The molecule has 0 fully saturated rings. The van der Waals surface area contributed by atoms with E-state index in [0.717, 1.165) is 16.7 Å². The molecule has 1 unspecified atom stereocenters. The first-order valence-electron chi connectivity index (χ1n) is 6.78. The van der Waals surface area contributed by atoms with Gasteiger partial charge in [0.05, 0.1) is 12.6 Å². The number of ether oxygens (including phenoxy) is 1. The molecule has 2 aromatic rings. The Bertz CT molecular complexity index is 587. The second-order valence-corrected chi connectivity index (χ2v) is 4.93. The molecule has 0 aliphatic rings. The van der Waals surface area contributed by atoms with E-state index in [9.17, 15) is 4.39 Å². The molecule has 0 amide bonds. The summed E-state index contributed by atoms with van der Waals surface area (Å²) in [6.07, 6.45) is 0. The van der Waals surface area contributed by atoms with Crippen LogP contribution in [-0.4, -0.2) is 6.61 Å². The van der Waals surface area contributed by atoms with Crippen molar-refractivity contribution in [3.05, 3.63) is 64.5 Å². The van der Waals surface area contributed by atoms with Crippen molar-refractivity contribution in [2.45, 2.75) is 26.8 Å². The van der Waals surface area contributed by atoms with Gasteiger partial charge in [0, 0.05) is 11.1 Å². The van der Waals surface area contributed by atoms with Crippen molar-refractivity contribution in [1.82, 2.24) is 0 Å². The first kappa shape index (κ1) is 14.5. The van der Waals surface area contributed by atoms with E-state index in [1.807, 2.05) is 51.1 Å². The zero-order valence-corrected chi connectivity index (χ0v) is 12.1. The molecular weight excluding hydrogens is 253 g/mol. The van der Waals surface area contributed by atoms with Crippen LogP contribution in [0.2, 0.25) is 0 Å². The van der Waals surface area contributed by atoms with E-state index >= 15 is 0 Å². The maximum Gasteiger partial charge on any atom is 0.128 e. The Labute approximate surface area is 119 Å². The number of hydrogen-bond donors (Lipinski definition) is 1. The summed E-state index contributed by atoms with van der Waals surface area (Å²) >= 11 is 0. The van der Waals surface area contributed by atoms with Gasteiger partial charge in [-0.25, -0.2) is 4.39 Å². The van der Waals surface area contributed by atoms with Crippen LogP contribution in [0.1, 0.15) is 35.2 Å². The van der Waals surface area contributed by atoms with Gasteiger partial charge in [0.2, 0.25) is 0 Å². The van der Waals surface area contributed by atoms with Gasteiger partial charge in [0.1, 0.15) is 11.6 Å². The summed E-state index contributed by atoms with van der Waals surface area (Å²) in [6.45, 7) is 6.23. The fourth-order valence-electron chi connectivity index (χ4n) is 2.50. The number of hydrogen-bond acceptors (Lipinski definition) is 2. The van der Waals surface area contributed by atoms with Gasteiger partial charge in [-0.15, -0.1) is 0 Å². The Hall–Kier alpha value is -1.87. The topological polar surface area (TPSA) is 35.2 Å². The van der Waals surface area contributed by atoms with Crippen LogP contribution in [0.15, 0.2) is 36.4 Å². The summed E-state index contributed by atoms with van der Waals surface area (Å²) in [5, 5.41) is 0. The average Bonchev–Trinajstić information content (AvgIpc) is 2.38. The summed E-state index contributed by atoms with van der Waals surface area (Å²) in [6, 6.07) is 10.5. The fraction of sp³-hybridized carbons (Fsp3) is 0.294. The van der Waals surface area contributed by atoms with E-state index in [2.05, 4.69) is 0 Å². The molecular formula is C17H20FNO. The van der Waals surface area contributed by atoms with Crippen molar-refractivity contribution in [2.75, 3.05) is 6.61 Å². The lowest BCUT2D eigenvalue weighted by atomic mass is 9.93. The van der Waals surface area contributed by atoms with Gasteiger partial charge in [-0.2, -0.15) is 0 Å². The van der Waals surface area contributed by atoms with Gasteiger partial charge >= 0.3 is 0 Å². The van der Waals surface area contributed by atoms with Crippen molar-refractivity contribution in [2.24, 2.45) is 5.73 Å². The number of nitrogens with two attached hydrogens (primary N) is 1. The van der Waals surface area contributed by atoms with Gasteiger partial charge in [-0.3, -0.25) is 0 Å². The van der Waals surface area contributed by atoms with Gasteiger partial charge in [0.25, 0.3) is 0 Å². The Morgan fingerprint density at radius 2 is 1.90 bits per heavy atom. The van der Waals surface area contributed by atoms with E-state index in [1.54, 1.807) is 0 Å². The average molecular weight is 273 g/mol. The maximum atomic E-state index is 14.2. The number of aryl methyl sites for hydroxylation is 2. The third-order valence-electron chi connectivity index (χ3n) is 3.35. The van der Waals surface area contributed by atoms with Gasteiger partial charge in [-0.05, 0) is 44.0 Å². The molecule has 0 aliphatic carbocycles. The minimum atomic E-state index is -0.529. The normalized spacial score (nSPS) is 12.2. The van der Waals surface area contributed by atoms with Crippen LogP contribution in [0.3, 0.4) is 0 Å². The minimum Gasteiger partial charge on any atom is -0.494 e. The molecule has 0 saturated carbocycles. The van der Waals surface area contributed by atoms with Crippen LogP contribution >= 0.6 is 0 Å². The second kappa shape index (κ2) is 6.06. The summed E-state index contributed by atoms with van der Waals surface area (Å²) in [5.74, 6) is 0.447. The fourth-order valence-corrected chi connectivity index (χ4v) is 2.50. The van der Waals surface area contributed by atoms with Crippen LogP contribution in [0.4, 0.5) is 4.39 Å². The van der Waals surface area contributed by atoms with Gasteiger partial charge in [0.15, 0.2) is 0 Å². The molecule has 0 heterocycles. The van der Waals surface area contributed by atoms with Crippen LogP contribution in [0.5, 0.6) is 5.75 Å². The summed E-state index contributed by atoms with van der Waals surface area (Å²) in [7, 11) is 0. The predicted molar refractivity (Wildman–Crippen MR) is 79.5 cm³/mol. The zero-order chi connectivity index (χ0) is 14.7. The summed E-state index contributed by atoms with van der Waals surface area (Å²) in [4.78, 5) is 0. The second-order valence-electron chi connectivity index (χ2n) is 4.93. The molecule has 0 bridgehead atoms. The van der Waals surface area contributed by atoms with E-state index < -0.39 is 6.04 Å². The Kier molecular flexibility index (Phi) is 4.40. The highest BCUT2D eigenvalue weighted by Gasteiger charge is 2.19. The zero-order valence-electron chi connectivity index (χ0n) is 12.1. The molecule has 2 rings (SSSR count). The Morgan fingerprint density at radius 3 is 2.55 bits per heavy atom. The summed E-state index contributed by atoms with van der Waals surface area (Å²) in [5.41, 5.74) is 9.37. The van der Waals surface area contributed by atoms with Crippen molar-refractivity contribution in [3.63, 3.8) is 0 Å². The molecule has 106 valence electrons. The van der Waals surface area contributed by atoms with Crippen molar-refractivity contribution >= 4 is 0 Å². The number of benzene rings is 2. The molecule has 2 nitrogen and oxygen atoms in total. The third kappa shape index (κ3) is 2.83. The SMILES string of the molecule is CCOc1ccccc1C(N)c1c(C)cc(C)cc1F. The minimum absolute atomic E-state index is 0.263. The molecule has 2 N–H and O–H groups in total. The third-order valence-corrected chi connectivity index (χ3v) is 3.35. The van der Waals surface area contributed by atoms with E-state index in [0.29, 0.717) is 17.9 Å². The van der Waals surface area contributed by atoms with E-state index in [-0.39, 0.29) is 5.82 Å². The lowest BCUT2D eigenvalue weighted by Crippen LogP contribution is -2.16. The van der Waals surface area contributed by atoms with E-state index in [4.69, 9.17) is 10.5 Å². The van der Waals surface area contributed by atoms with Crippen molar-refractivity contribution in [1.29, 1.82) is 0 Å². The largest absolute Gasteiger partial charge is 0.494 e. The molecule has 0 spiro atoms. The molecule has 2 aromatic carbocycles. The molecule has 20 heavy (non-hydrogen) atoms. The molecule has 1 atom stereocenters. The van der Waals surface area contributed by atoms with Crippen LogP contribution in [0.25, 0.3) is 0 Å². The van der Waals surface area contributed by atoms with Crippen molar-refractivity contribution < 1.29 is 9.13 Å². The molecule has 0 saturated heterocycles. The molecule has 3 heteroatoms. The maximum absolute atomic E-state index is 14.2. The quantitative estimate of drug-likeness (QED) is 0.917.